The molecule has 0 N–H and O–H groups in total. The van der Waals surface area contributed by atoms with E-state index in [0.29, 0.717) is 25.5 Å². The van der Waals surface area contributed by atoms with Gasteiger partial charge in [-0.1, -0.05) is 12.1 Å². The minimum atomic E-state index is -0.633. The minimum absolute atomic E-state index is 0.0148. The summed E-state index contributed by atoms with van der Waals surface area (Å²) in [6.45, 7) is 3.45. The first-order valence-corrected chi connectivity index (χ1v) is 10.5. The van der Waals surface area contributed by atoms with Gasteiger partial charge in [0.15, 0.2) is 5.43 Å². The summed E-state index contributed by atoms with van der Waals surface area (Å²) in [7, 11) is 0. The van der Waals surface area contributed by atoms with Crippen molar-refractivity contribution >= 4 is 16.9 Å². The Kier molecular flexibility index (Phi) is 4.98. The first-order valence-electron chi connectivity index (χ1n) is 10.5. The molecule has 1 amide bonds. The third kappa shape index (κ3) is 3.39. The lowest BCUT2D eigenvalue weighted by Crippen LogP contribution is -2.36. The van der Waals surface area contributed by atoms with Crippen LogP contribution in [0.25, 0.3) is 11.0 Å². The SMILES string of the molecule is CCOc1ccc(C2c3c(oc4ccc(F)cc4c3=O)C(=O)N2CC2CCCO2)cc1. The minimum Gasteiger partial charge on any atom is -0.494 e. The number of ether oxygens (including phenoxy) is 2. The fraction of sp³-hybridized carbons (Fsp3) is 0.333. The average molecular weight is 423 g/mol. The van der Waals surface area contributed by atoms with E-state index in [1.165, 1.54) is 12.1 Å². The van der Waals surface area contributed by atoms with Crippen LogP contribution in [0, 0.1) is 5.82 Å². The monoisotopic (exact) mass is 423 g/mol. The molecule has 5 rings (SSSR count). The summed E-state index contributed by atoms with van der Waals surface area (Å²) < 4.78 is 30.9. The first-order chi connectivity index (χ1) is 15.1. The number of carbonyl (C=O) groups excluding carboxylic acids is 1. The molecule has 0 spiro atoms. The number of hydrogen-bond acceptors (Lipinski definition) is 5. The van der Waals surface area contributed by atoms with Crippen LogP contribution in [-0.4, -0.2) is 36.7 Å². The summed E-state index contributed by atoms with van der Waals surface area (Å²) in [5, 5.41) is 0.126. The third-order valence-corrected chi connectivity index (χ3v) is 5.86. The average Bonchev–Trinajstić information content (AvgIpc) is 3.37. The van der Waals surface area contributed by atoms with Gasteiger partial charge < -0.3 is 18.8 Å². The van der Waals surface area contributed by atoms with Crippen molar-refractivity contribution in [2.75, 3.05) is 19.8 Å². The Labute approximate surface area is 178 Å². The second kappa shape index (κ2) is 7.81. The zero-order valence-corrected chi connectivity index (χ0v) is 17.1. The molecule has 160 valence electrons. The van der Waals surface area contributed by atoms with Crippen LogP contribution in [0.1, 0.15) is 47.5 Å². The fourth-order valence-corrected chi connectivity index (χ4v) is 4.45. The van der Waals surface area contributed by atoms with E-state index >= 15 is 0 Å². The number of rotatable bonds is 5. The Balaban J connectivity index is 1.66. The molecule has 31 heavy (non-hydrogen) atoms. The fourth-order valence-electron chi connectivity index (χ4n) is 4.45. The molecule has 2 aromatic carbocycles. The summed E-state index contributed by atoms with van der Waals surface area (Å²) in [6, 6.07) is 10.4. The van der Waals surface area contributed by atoms with Gasteiger partial charge in [0.1, 0.15) is 17.1 Å². The lowest BCUT2D eigenvalue weighted by atomic mass is 9.98. The molecule has 2 atom stereocenters. The van der Waals surface area contributed by atoms with Crippen LogP contribution in [0.15, 0.2) is 51.7 Å². The molecule has 1 fully saturated rings. The van der Waals surface area contributed by atoms with Gasteiger partial charge in [0.2, 0.25) is 5.76 Å². The topological polar surface area (TPSA) is 69.0 Å². The van der Waals surface area contributed by atoms with E-state index < -0.39 is 17.3 Å². The van der Waals surface area contributed by atoms with Crippen LogP contribution >= 0.6 is 0 Å². The molecule has 0 saturated carbocycles. The predicted octanol–water partition coefficient (Wildman–Crippen LogP) is 4.06. The molecule has 1 aromatic heterocycles. The highest BCUT2D eigenvalue weighted by Gasteiger charge is 2.43. The van der Waals surface area contributed by atoms with Gasteiger partial charge in [0.05, 0.1) is 29.7 Å². The van der Waals surface area contributed by atoms with E-state index in [2.05, 4.69) is 0 Å². The number of benzene rings is 2. The molecule has 3 aromatic rings. The van der Waals surface area contributed by atoms with Crippen molar-refractivity contribution in [1.82, 2.24) is 4.90 Å². The maximum absolute atomic E-state index is 13.8. The number of carbonyl (C=O) groups is 1. The highest BCUT2D eigenvalue weighted by Crippen LogP contribution is 2.39. The second-order valence-corrected chi connectivity index (χ2v) is 7.81. The van der Waals surface area contributed by atoms with Crippen LogP contribution in [0.2, 0.25) is 0 Å². The lowest BCUT2D eigenvalue weighted by molar-refractivity contribution is 0.0486. The van der Waals surface area contributed by atoms with Crippen molar-refractivity contribution in [3.05, 3.63) is 75.4 Å². The lowest BCUT2D eigenvalue weighted by Gasteiger charge is -2.27. The van der Waals surface area contributed by atoms with Gasteiger partial charge in [0.25, 0.3) is 5.91 Å². The van der Waals surface area contributed by atoms with Crippen molar-refractivity contribution in [3.63, 3.8) is 0 Å². The number of nitrogens with zero attached hydrogens (tertiary/aromatic N) is 1. The first kappa shape index (κ1) is 19.8. The second-order valence-electron chi connectivity index (χ2n) is 7.81. The standard InChI is InChI=1S/C24H22FNO5/c1-2-29-16-8-5-14(6-9-16)21-20-22(27)18-12-15(25)7-10-19(18)31-23(20)24(28)26(21)13-17-4-3-11-30-17/h5-10,12,17,21H,2-4,11,13H2,1H3. The molecule has 1 saturated heterocycles. The van der Waals surface area contributed by atoms with Crippen LogP contribution in [0.4, 0.5) is 4.39 Å². The smallest absolute Gasteiger partial charge is 0.291 e. The molecule has 3 heterocycles. The third-order valence-electron chi connectivity index (χ3n) is 5.86. The zero-order valence-electron chi connectivity index (χ0n) is 17.1. The number of hydrogen-bond donors (Lipinski definition) is 0. The predicted molar refractivity (Wildman–Crippen MR) is 112 cm³/mol. The molecule has 2 aliphatic rings. The Morgan fingerprint density at radius 1 is 1.16 bits per heavy atom. The van der Waals surface area contributed by atoms with Crippen molar-refractivity contribution in [3.8, 4) is 5.75 Å². The summed E-state index contributed by atoms with van der Waals surface area (Å²) in [4.78, 5) is 28.4. The highest BCUT2D eigenvalue weighted by molar-refractivity contribution is 5.99. The summed E-state index contributed by atoms with van der Waals surface area (Å²) in [6.07, 6.45) is 1.70. The summed E-state index contributed by atoms with van der Waals surface area (Å²) in [5.74, 6) is -0.166. The highest BCUT2D eigenvalue weighted by atomic mass is 19.1. The van der Waals surface area contributed by atoms with E-state index in [4.69, 9.17) is 13.9 Å². The quantitative estimate of drug-likeness (QED) is 0.619. The number of amides is 1. The molecular formula is C24H22FNO5. The van der Waals surface area contributed by atoms with Crippen molar-refractivity contribution in [2.24, 2.45) is 0 Å². The van der Waals surface area contributed by atoms with Crippen LogP contribution in [-0.2, 0) is 4.74 Å². The van der Waals surface area contributed by atoms with E-state index in [1.54, 1.807) is 4.90 Å². The molecule has 6 nitrogen and oxygen atoms in total. The van der Waals surface area contributed by atoms with Gasteiger partial charge in [-0.2, -0.15) is 0 Å². The van der Waals surface area contributed by atoms with Crippen LogP contribution in [0.3, 0.4) is 0 Å². The molecule has 0 bridgehead atoms. The van der Waals surface area contributed by atoms with Gasteiger partial charge in [-0.25, -0.2) is 4.39 Å². The molecule has 7 heteroatoms. The Morgan fingerprint density at radius 3 is 2.68 bits per heavy atom. The number of fused-ring (bicyclic) bond motifs is 2. The summed E-state index contributed by atoms with van der Waals surface area (Å²) in [5.41, 5.74) is 0.808. The van der Waals surface area contributed by atoms with Crippen molar-refractivity contribution in [1.29, 1.82) is 0 Å². The molecule has 0 aliphatic carbocycles. The van der Waals surface area contributed by atoms with Crippen LogP contribution in [0.5, 0.6) is 5.75 Å². The van der Waals surface area contributed by atoms with E-state index in [0.717, 1.165) is 24.5 Å². The zero-order chi connectivity index (χ0) is 21.5. The molecule has 2 unspecified atom stereocenters. The van der Waals surface area contributed by atoms with E-state index in [1.807, 2.05) is 31.2 Å². The van der Waals surface area contributed by atoms with Gasteiger partial charge in [-0.15, -0.1) is 0 Å². The Bertz CT molecular complexity index is 1200. The van der Waals surface area contributed by atoms with Gasteiger partial charge in [0, 0.05) is 13.2 Å². The normalized spacial score (nSPS) is 20.5. The van der Waals surface area contributed by atoms with Gasteiger partial charge in [-0.05, 0) is 55.7 Å². The number of halogens is 1. The molecular weight excluding hydrogens is 401 g/mol. The van der Waals surface area contributed by atoms with Crippen molar-refractivity contribution in [2.45, 2.75) is 31.9 Å². The maximum atomic E-state index is 13.8. The van der Waals surface area contributed by atoms with Gasteiger partial charge >= 0.3 is 0 Å². The largest absolute Gasteiger partial charge is 0.494 e. The van der Waals surface area contributed by atoms with E-state index in [9.17, 15) is 14.0 Å². The Morgan fingerprint density at radius 2 is 1.97 bits per heavy atom. The van der Waals surface area contributed by atoms with Gasteiger partial charge in [-0.3, -0.25) is 9.59 Å². The van der Waals surface area contributed by atoms with Crippen LogP contribution < -0.4 is 10.2 Å². The van der Waals surface area contributed by atoms with E-state index in [-0.39, 0.29) is 34.3 Å². The molecule has 0 radical (unpaired) electrons. The summed E-state index contributed by atoms with van der Waals surface area (Å²) >= 11 is 0. The van der Waals surface area contributed by atoms with Crippen molar-refractivity contribution < 1.29 is 23.1 Å². The maximum Gasteiger partial charge on any atom is 0.291 e. The molecule has 2 aliphatic heterocycles. The Hall–Kier alpha value is -3.19.